The van der Waals surface area contributed by atoms with Gasteiger partial charge in [0.25, 0.3) is 5.69 Å². The molecule has 6 heteroatoms. The van der Waals surface area contributed by atoms with Gasteiger partial charge < -0.3 is 5.32 Å². The lowest BCUT2D eigenvalue weighted by Gasteiger charge is -2.27. The summed E-state index contributed by atoms with van der Waals surface area (Å²) in [5.41, 5.74) is 4.54. The van der Waals surface area contributed by atoms with Crippen molar-refractivity contribution in [3.8, 4) is 0 Å². The van der Waals surface area contributed by atoms with E-state index < -0.39 is 4.92 Å². The molecule has 2 aromatic rings. The second-order valence-corrected chi connectivity index (χ2v) is 6.20. The molecule has 0 aromatic heterocycles. The van der Waals surface area contributed by atoms with Crippen LogP contribution < -0.4 is 5.32 Å². The van der Waals surface area contributed by atoms with Crippen molar-refractivity contribution in [3.63, 3.8) is 0 Å². The van der Waals surface area contributed by atoms with Crippen molar-refractivity contribution in [2.24, 2.45) is 0 Å². The highest BCUT2D eigenvalue weighted by atomic mass is 35.5. The molecule has 1 heterocycles. The number of fused-ring (bicyclic) bond motifs is 1. The van der Waals surface area contributed by atoms with Gasteiger partial charge in [0.1, 0.15) is 5.02 Å². The normalized spacial score (nSPS) is 16.7. The van der Waals surface area contributed by atoms with Crippen LogP contribution in [-0.4, -0.2) is 10.8 Å². The van der Waals surface area contributed by atoms with Crippen molar-refractivity contribution in [1.29, 1.82) is 0 Å². The number of carbonyl (C=O) groups excluding carboxylic acids is 1. The molecule has 3 rings (SSSR count). The predicted molar refractivity (Wildman–Crippen MR) is 89.1 cm³/mol. The molecule has 0 fully saturated rings. The smallest absolute Gasteiger partial charge is 0.288 e. The van der Waals surface area contributed by atoms with Crippen LogP contribution in [0.4, 0.5) is 11.4 Å². The minimum atomic E-state index is -0.504. The van der Waals surface area contributed by atoms with Crippen molar-refractivity contribution < 1.29 is 9.72 Å². The molecule has 5 nitrogen and oxygen atoms in total. The van der Waals surface area contributed by atoms with Gasteiger partial charge in [0.15, 0.2) is 0 Å². The van der Waals surface area contributed by atoms with Gasteiger partial charge in [-0.1, -0.05) is 23.7 Å². The third-order valence-electron chi connectivity index (χ3n) is 4.27. The fraction of sp³-hybridized carbons (Fsp3) is 0.235. The van der Waals surface area contributed by atoms with Crippen LogP contribution in [0.15, 0.2) is 30.3 Å². The maximum Gasteiger partial charge on any atom is 0.288 e. The molecule has 0 spiro atoms. The van der Waals surface area contributed by atoms with Gasteiger partial charge >= 0.3 is 0 Å². The zero-order valence-corrected chi connectivity index (χ0v) is 13.5. The first-order chi connectivity index (χ1) is 10.9. The maximum absolute atomic E-state index is 12.0. The summed E-state index contributed by atoms with van der Waals surface area (Å²) in [6, 6.07) is 8.71. The number of benzene rings is 2. The van der Waals surface area contributed by atoms with E-state index in [2.05, 4.69) is 5.32 Å². The van der Waals surface area contributed by atoms with E-state index in [9.17, 15) is 14.9 Å². The molecule has 0 radical (unpaired) electrons. The summed E-state index contributed by atoms with van der Waals surface area (Å²) >= 11 is 5.88. The molecule has 118 valence electrons. The minimum absolute atomic E-state index is 0.0941. The van der Waals surface area contributed by atoms with Crippen molar-refractivity contribution in [2.45, 2.75) is 26.2 Å². The van der Waals surface area contributed by atoms with Gasteiger partial charge in [-0.15, -0.1) is 0 Å². The van der Waals surface area contributed by atoms with Crippen molar-refractivity contribution in [1.82, 2.24) is 0 Å². The lowest BCUT2D eigenvalue weighted by Crippen LogP contribution is -2.24. The standard InChI is InChI=1S/C17H15ClN2O3/c1-9-5-13-12(8-17(21)19-15(13)6-10(9)2)11-3-4-14(18)16(7-11)20(22)23/h3-7,12H,8H2,1-2H3,(H,19,21). The number of hydrogen-bond acceptors (Lipinski definition) is 3. The summed E-state index contributed by atoms with van der Waals surface area (Å²) in [7, 11) is 0. The second kappa shape index (κ2) is 5.66. The van der Waals surface area contributed by atoms with E-state index in [-0.39, 0.29) is 29.0 Å². The number of carbonyl (C=O) groups is 1. The van der Waals surface area contributed by atoms with Gasteiger partial charge in [-0.2, -0.15) is 0 Å². The lowest BCUT2D eigenvalue weighted by molar-refractivity contribution is -0.384. The third kappa shape index (κ3) is 2.80. The largest absolute Gasteiger partial charge is 0.326 e. The number of rotatable bonds is 2. The van der Waals surface area contributed by atoms with Crippen LogP contribution in [0, 0.1) is 24.0 Å². The zero-order valence-electron chi connectivity index (χ0n) is 12.7. The fourth-order valence-electron chi connectivity index (χ4n) is 2.92. The molecular formula is C17H15ClN2O3. The molecule has 2 aromatic carbocycles. The number of nitro benzene ring substituents is 1. The van der Waals surface area contributed by atoms with Crippen molar-refractivity contribution >= 4 is 28.9 Å². The Balaban J connectivity index is 2.15. The van der Waals surface area contributed by atoms with E-state index in [0.717, 1.165) is 27.9 Å². The summed E-state index contributed by atoms with van der Waals surface area (Å²) < 4.78 is 0. The van der Waals surface area contributed by atoms with Crippen molar-refractivity contribution in [3.05, 3.63) is 67.7 Å². The second-order valence-electron chi connectivity index (χ2n) is 5.80. The summed E-state index contributed by atoms with van der Waals surface area (Å²) in [6.45, 7) is 3.99. The van der Waals surface area contributed by atoms with Crippen LogP contribution in [-0.2, 0) is 4.79 Å². The van der Waals surface area contributed by atoms with Crippen LogP contribution in [0.2, 0.25) is 5.02 Å². The van der Waals surface area contributed by atoms with E-state index in [1.165, 1.54) is 12.1 Å². The Hall–Kier alpha value is -2.40. The van der Waals surface area contributed by atoms with E-state index in [1.54, 1.807) is 6.07 Å². The van der Waals surface area contributed by atoms with Gasteiger partial charge in [0, 0.05) is 24.1 Å². The lowest BCUT2D eigenvalue weighted by atomic mass is 9.83. The van der Waals surface area contributed by atoms with Gasteiger partial charge in [-0.25, -0.2) is 0 Å². The van der Waals surface area contributed by atoms with Crippen LogP contribution in [0.3, 0.4) is 0 Å². The van der Waals surface area contributed by atoms with Crippen molar-refractivity contribution in [2.75, 3.05) is 5.32 Å². The van der Waals surface area contributed by atoms with E-state index >= 15 is 0 Å². The van der Waals surface area contributed by atoms with Crippen LogP contribution in [0.1, 0.15) is 34.6 Å². The van der Waals surface area contributed by atoms with E-state index in [4.69, 9.17) is 11.6 Å². The number of amides is 1. The fourth-order valence-corrected chi connectivity index (χ4v) is 3.10. The number of aryl methyl sites for hydroxylation is 2. The summed E-state index contributed by atoms with van der Waals surface area (Å²) in [4.78, 5) is 22.6. The molecule has 0 bridgehead atoms. The molecule has 0 saturated heterocycles. The van der Waals surface area contributed by atoms with E-state index in [1.807, 2.05) is 26.0 Å². The molecule has 1 aliphatic rings. The van der Waals surface area contributed by atoms with Gasteiger partial charge in [0.2, 0.25) is 5.91 Å². The maximum atomic E-state index is 12.0. The molecular weight excluding hydrogens is 316 g/mol. The third-order valence-corrected chi connectivity index (χ3v) is 4.59. The van der Waals surface area contributed by atoms with Gasteiger partial charge in [-0.05, 0) is 48.2 Å². The first-order valence-electron chi connectivity index (χ1n) is 7.21. The van der Waals surface area contributed by atoms with Crippen LogP contribution in [0.5, 0.6) is 0 Å². The topological polar surface area (TPSA) is 72.2 Å². The number of nitro groups is 1. The number of nitrogens with one attached hydrogen (secondary N) is 1. The summed E-state index contributed by atoms with van der Waals surface area (Å²) in [6.07, 6.45) is 0.258. The highest BCUT2D eigenvalue weighted by molar-refractivity contribution is 6.32. The van der Waals surface area contributed by atoms with Gasteiger partial charge in [0.05, 0.1) is 4.92 Å². The predicted octanol–water partition coefficient (Wildman–Crippen LogP) is 4.34. The quantitative estimate of drug-likeness (QED) is 0.657. The Morgan fingerprint density at radius 2 is 1.91 bits per heavy atom. The SMILES string of the molecule is Cc1cc2c(cc1C)C(c1ccc(Cl)c([N+](=O)[O-])c1)CC(=O)N2. The monoisotopic (exact) mass is 330 g/mol. The molecule has 1 N–H and O–H groups in total. The number of hydrogen-bond donors (Lipinski definition) is 1. The number of anilines is 1. The molecule has 0 saturated carbocycles. The van der Waals surface area contributed by atoms with E-state index in [0.29, 0.717) is 0 Å². The van der Waals surface area contributed by atoms with Gasteiger partial charge in [-0.3, -0.25) is 14.9 Å². The minimum Gasteiger partial charge on any atom is -0.326 e. The Morgan fingerprint density at radius 1 is 1.22 bits per heavy atom. The Morgan fingerprint density at radius 3 is 2.61 bits per heavy atom. The highest BCUT2D eigenvalue weighted by Crippen LogP contribution is 2.40. The Bertz CT molecular complexity index is 833. The molecule has 1 atom stereocenters. The Kier molecular flexibility index (Phi) is 3.82. The number of halogens is 1. The highest BCUT2D eigenvalue weighted by Gasteiger charge is 2.28. The van der Waals surface area contributed by atoms with Crippen LogP contribution in [0.25, 0.3) is 0 Å². The number of nitrogens with zero attached hydrogens (tertiary/aromatic N) is 1. The Labute approximate surface area is 138 Å². The summed E-state index contributed by atoms with van der Waals surface area (Å²) in [5, 5.41) is 14.1. The molecule has 23 heavy (non-hydrogen) atoms. The zero-order chi connectivity index (χ0) is 16.7. The summed E-state index contributed by atoms with van der Waals surface area (Å²) in [5.74, 6) is -0.308. The molecule has 0 aliphatic carbocycles. The molecule has 1 aliphatic heterocycles. The first-order valence-corrected chi connectivity index (χ1v) is 7.59. The van der Waals surface area contributed by atoms with Crippen LogP contribution >= 0.6 is 11.6 Å². The first kappa shape index (κ1) is 15.5. The average Bonchev–Trinajstić information content (AvgIpc) is 2.48. The molecule has 1 amide bonds. The average molecular weight is 331 g/mol. The molecule has 1 unspecified atom stereocenters.